The molecule has 1 atom stereocenters. The summed E-state index contributed by atoms with van der Waals surface area (Å²) in [6.07, 6.45) is 5.74. The van der Waals surface area contributed by atoms with E-state index in [4.69, 9.17) is 0 Å². The maximum absolute atomic E-state index is 11.2. The monoisotopic (exact) mass is 358 g/mol. The molecule has 0 radical (unpaired) electrons. The van der Waals surface area contributed by atoms with Crippen molar-refractivity contribution >= 4 is 15.7 Å². The predicted octanol–water partition coefficient (Wildman–Crippen LogP) is 3.00. The van der Waals surface area contributed by atoms with Crippen LogP contribution >= 0.6 is 0 Å². The molecule has 25 heavy (non-hydrogen) atoms. The van der Waals surface area contributed by atoms with Crippen LogP contribution in [0, 0.1) is 5.92 Å². The summed E-state index contributed by atoms with van der Waals surface area (Å²) in [5.41, 5.74) is 4.84. The molecule has 0 aliphatic heterocycles. The van der Waals surface area contributed by atoms with Crippen LogP contribution in [0.25, 0.3) is 0 Å². The van der Waals surface area contributed by atoms with E-state index in [-0.39, 0.29) is 0 Å². The molecule has 4 nitrogen and oxygen atoms in total. The van der Waals surface area contributed by atoms with Crippen molar-refractivity contribution in [1.29, 1.82) is 0 Å². The average molecular weight is 359 g/mol. The SMILES string of the molecule is CS(=O)(=O)Nc1ccc(CCNC[C@@H]2CCc3ccccc3C2)cc1. The molecule has 3 rings (SSSR count). The molecule has 0 amide bonds. The quantitative estimate of drug-likeness (QED) is 0.748. The summed E-state index contributed by atoms with van der Waals surface area (Å²) in [4.78, 5) is 0. The van der Waals surface area contributed by atoms with Gasteiger partial charge < -0.3 is 5.32 Å². The lowest BCUT2D eigenvalue weighted by Gasteiger charge is -2.24. The highest BCUT2D eigenvalue weighted by atomic mass is 32.2. The van der Waals surface area contributed by atoms with Gasteiger partial charge >= 0.3 is 0 Å². The number of aryl methyl sites for hydroxylation is 1. The summed E-state index contributed by atoms with van der Waals surface area (Å²) in [5.74, 6) is 0.719. The van der Waals surface area contributed by atoms with Gasteiger partial charge in [0.05, 0.1) is 6.26 Å². The Kier molecular flexibility index (Phi) is 5.76. The molecule has 0 heterocycles. The van der Waals surface area contributed by atoms with Crippen LogP contribution in [0.2, 0.25) is 0 Å². The Morgan fingerprint density at radius 1 is 1.04 bits per heavy atom. The fraction of sp³-hybridized carbons (Fsp3) is 0.400. The minimum Gasteiger partial charge on any atom is -0.316 e. The van der Waals surface area contributed by atoms with Crippen LogP contribution in [0.1, 0.15) is 23.1 Å². The minimum absolute atomic E-state index is 0.611. The van der Waals surface area contributed by atoms with Gasteiger partial charge in [-0.3, -0.25) is 4.72 Å². The van der Waals surface area contributed by atoms with Crippen molar-refractivity contribution in [3.05, 3.63) is 65.2 Å². The molecule has 1 aliphatic carbocycles. The first-order valence-electron chi connectivity index (χ1n) is 8.84. The number of hydrogen-bond acceptors (Lipinski definition) is 3. The maximum atomic E-state index is 11.2. The van der Waals surface area contributed by atoms with Crippen molar-refractivity contribution in [2.45, 2.75) is 25.7 Å². The standard InChI is InChI=1S/C20H26N2O2S/c1-25(23,24)22-20-10-7-16(8-11-20)12-13-21-15-17-6-9-18-4-2-3-5-19(18)14-17/h2-5,7-8,10-11,17,21-22H,6,9,12-15H2,1H3/t17-/m1/s1. The van der Waals surface area contributed by atoms with Gasteiger partial charge in [-0.05, 0) is 73.5 Å². The molecular weight excluding hydrogens is 332 g/mol. The predicted molar refractivity (Wildman–Crippen MR) is 103 cm³/mol. The molecule has 0 aromatic heterocycles. The normalized spacial score (nSPS) is 17.1. The van der Waals surface area contributed by atoms with Crippen LogP contribution in [0.3, 0.4) is 0 Å². The van der Waals surface area contributed by atoms with Gasteiger partial charge in [0.1, 0.15) is 0 Å². The Bertz CT molecular complexity index is 801. The van der Waals surface area contributed by atoms with E-state index < -0.39 is 10.0 Å². The van der Waals surface area contributed by atoms with Gasteiger partial charge in [-0.1, -0.05) is 36.4 Å². The number of nitrogens with one attached hydrogen (secondary N) is 2. The fourth-order valence-corrected chi connectivity index (χ4v) is 4.00. The molecule has 2 N–H and O–H groups in total. The third kappa shape index (κ3) is 5.58. The Morgan fingerprint density at radius 3 is 2.48 bits per heavy atom. The second-order valence-corrected chi connectivity index (χ2v) is 8.65. The van der Waals surface area contributed by atoms with Crippen LogP contribution in [0.5, 0.6) is 0 Å². The lowest BCUT2D eigenvalue weighted by Crippen LogP contribution is -2.28. The first kappa shape index (κ1) is 18.0. The first-order chi connectivity index (χ1) is 12.0. The van der Waals surface area contributed by atoms with Crippen LogP contribution in [-0.2, 0) is 29.3 Å². The highest BCUT2D eigenvalue weighted by Gasteiger charge is 2.17. The van der Waals surface area contributed by atoms with E-state index in [2.05, 4.69) is 34.3 Å². The zero-order valence-corrected chi connectivity index (χ0v) is 15.5. The number of rotatable bonds is 7. The van der Waals surface area contributed by atoms with E-state index >= 15 is 0 Å². The van der Waals surface area contributed by atoms with Gasteiger partial charge in [-0.2, -0.15) is 0 Å². The number of fused-ring (bicyclic) bond motifs is 1. The van der Waals surface area contributed by atoms with Gasteiger partial charge in [0.15, 0.2) is 0 Å². The van der Waals surface area contributed by atoms with Crippen molar-refractivity contribution in [1.82, 2.24) is 5.32 Å². The third-order valence-corrected chi connectivity index (χ3v) is 5.34. The highest BCUT2D eigenvalue weighted by Crippen LogP contribution is 2.24. The van der Waals surface area contributed by atoms with Gasteiger partial charge in [0.2, 0.25) is 10.0 Å². The Balaban J connectivity index is 1.40. The summed E-state index contributed by atoms with van der Waals surface area (Å²) >= 11 is 0. The Hall–Kier alpha value is -1.85. The summed E-state index contributed by atoms with van der Waals surface area (Å²) in [6, 6.07) is 16.4. The average Bonchev–Trinajstić information content (AvgIpc) is 2.59. The second kappa shape index (κ2) is 8.02. The van der Waals surface area contributed by atoms with Crippen LogP contribution < -0.4 is 10.0 Å². The largest absolute Gasteiger partial charge is 0.316 e. The first-order valence-corrected chi connectivity index (χ1v) is 10.7. The van der Waals surface area contributed by atoms with Crippen molar-refractivity contribution in [2.75, 3.05) is 24.1 Å². The lowest BCUT2D eigenvalue weighted by molar-refractivity contribution is 0.426. The molecule has 2 aromatic carbocycles. The molecule has 5 heteroatoms. The number of hydrogen-bond donors (Lipinski definition) is 2. The van der Waals surface area contributed by atoms with E-state index in [0.717, 1.165) is 31.7 Å². The van der Waals surface area contributed by atoms with Gasteiger partial charge in [-0.25, -0.2) is 8.42 Å². The number of sulfonamides is 1. The Morgan fingerprint density at radius 2 is 1.76 bits per heavy atom. The topological polar surface area (TPSA) is 58.2 Å². The van der Waals surface area contributed by atoms with Crippen molar-refractivity contribution < 1.29 is 8.42 Å². The van der Waals surface area contributed by atoms with Crippen LogP contribution in [0.4, 0.5) is 5.69 Å². The molecule has 0 spiro atoms. The fourth-order valence-electron chi connectivity index (χ4n) is 3.44. The molecule has 0 saturated heterocycles. The molecule has 2 aromatic rings. The highest BCUT2D eigenvalue weighted by molar-refractivity contribution is 7.92. The molecule has 1 aliphatic rings. The van der Waals surface area contributed by atoms with E-state index in [1.165, 1.54) is 36.0 Å². The zero-order valence-electron chi connectivity index (χ0n) is 14.7. The van der Waals surface area contributed by atoms with Crippen LogP contribution in [-0.4, -0.2) is 27.8 Å². The second-order valence-electron chi connectivity index (χ2n) is 6.90. The lowest BCUT2D eigenvalue weighted by atomic mass is 9.84. The van der Waals surface area contributed by atoms with Crippen molar-refractivity contribution in [2.24, 2.45) is 5.92 Å². The van der Waals surface area contributed by atoms with Gasteiger partial charge in [0.25, 0.3) is 0 Å². The summed E-state index contributed by atoms with van der Waals surface area (Å²) < 4.78 is 24.9. The van der Waals surface area contributed by atoms with Crippen LogP contribution in [0.15, 0.2) is 48.5 Å². The number of anilines is 1. The number of benzene rings is 2. The zero-order chi connectivity index (χ0) is 17.7. The van der Waals surface area contributed by atoms with E-state index in [9.17, 15) is 8.42 Å². The molecule has 0 unspecified atom stereocenters. The van der Waals surface area contributed by atoms with Gasteiger partial charge in [-0.15, -0.1) is 0 Å². The minimum atomic E-state index is -3.21. The molecule has 0 bridgehead atoms. The van der Waals surface area contributed by atoms with Gasteiger partial charge in [0, 0.05) is 5.69 Å². The van der Waals surface area contributed by atoms with Crippen molar-refractivity contribution in [3.63, 3.8) is 0 Å². The maximum Gasteiger partial charge on any atom is 0.229 e. The molecule has 134 valence electrons. The van der Waals surface area contributed by atoms with E-state index in [1.54, 1.807) is 0 Å². The smallest absolute Gasteiger partial charge is 0.229 e. The summed E-state index contributed by atoms with van der Waals surface area (Å²) in [7, 11) is -3.21. The molecule has 0 saturated carbocycles. The van der Waals surface area contributed by atoms with Crippen molar-refractivity contribution in [3.8, 4) is 0 Å². The molecule has 0 fully saturated rings. The van der Waals surface area contributed by atoms with E-state index in [0.29, 0.717) is 5.69 Å². The molecular formula is C20H26N2O2S. The summed E-state index contributed by atoms with van der Waals surface area (Å²) in [6.45, 7) is 2.00. The van der Waals surface area contributed by atoms with E-state index in [1.807, 2.05) is 24.3 Å². The Labute approximate surface area is 150 Å². The summed E-state index contributed by atoms with van der Waals surface area (Å²) in [5, 5.41) is 3.58. The third-order valence-electron chi connectivity index (χ3n) is 4.73.